The molecule has 0 aliphatic carbocycles. The molecule has 0 unspecified atom stereocenters. The van der Waals surface area contributed by atoms with Gasteiger partial charge in [-0.1, -0.05) is 36.7 Å². The second-order valence-electron chi connectivity index (χ2n) is 3.77. The summed E-state index contributed by atoms with van der Waals surface area (Å²) in [6.45, 7) is 4.85. The van der Waals surface area contributed by atoms with Crippen molar-refractivity contribution >= 4 is 11.6 Å². The number of phenolic OH excluding ortho intramolecular Hbond substituents is 1. The van der Waals surface area contributed by atoms with Crippen LogP contribution in [0.3, 0.4) is 0 Å². The highest BCUT2D eigenvalue weighted by atomic mass is 35.5. The van der Waals surface area contributed by atoms with E-state index >= 15 is 0 Å². The van der Waals surface area contributed by atoms with Gasteiger partial charge < -0.3 is 5.11 Å². The standard InChI is InChI=1S/C13H18ClNO/c1-2-8-15(9-4-7-14)11-12-5-3-6-13(16)10-12/h3-7,10,16H,2,8-9,11H2,1H3/b7-4+. The lowest BCUT2D eigenvalue weighted by atomic mass is 10.2. The molecular formula is C13H18ClNO. The number of phenols is 1. The maximum Gasteiger partial charge on any atom is 0.115 e. The summed E-state index contributed by atoms with van der Waals surface area (Å²) in [7, 11) is 0. The fourth-order valence-electron chi connectivity index (χ4n) is 1.65. The lowest BCUT2D eigenvalue weighted by Crippen LogP contribution is -2.24. The molecule has 0 bridgehead atoms. The molecular weight excluding hydrogens is 222 g/mol. The van der Waals surface area contributed by atoms with Crippen LogP contribution in [0.5, 0.6) is 5.75 Å². The fourth-order valence-corrected chi connectivity index (χ4v) is 1.73. The van der Waals surface area contributed by atoms with Crippen molar-refractivity contribution in [2.75, 3.05) is 13.1 Å². The van der Waals surface area contributed by atoms with Crippen molar-refractivity contribution in [1.82, 2.24) is 4.90 Å². The maximum atomic E-state index is 9.38. The Bertz CT molecular complexity index is 338. The van der Waals surface area contributed by atoms with Gasteiger partial charge in [0.05, 0.1) is 0 Å². The predicted octanol–water partition coefficient (Wildman–Crippen LogP) is 3.36. The molecule has 16 heavy (non-hydrogen) atoms. The van der Waals surface area contributed by atoms with E-state index in [9.17, 15) is 5.11 Å². The zero-order valence-corrected chi connectivity index (χ0v) is 10.3. The molecule has 0 heterocycles. The highest BCUT2D eigenvalue weighted by Crippen LogP contribution is 2.13. The minimum atomic E-state index is 0.321. The van der Waals surface area contributed by atoms with Gasteiger partial charge in [-0.3, -0.25) is 4.90 Å². The summed E-state index contributed by atoms with van der Waals surface area (Å²) in [5.41, 5.74) is 2.67. The predicted molar refractivity (Wildman–Crippen MR) is 68.7 cm³/mol. The van der Waals surface area contributed by atoms with E-state index < -0.39 is 0 Å². The Hall–Kier alpha value is -0.990. The van der Waals surface area contributed by atoms with E-state index in [1.54, 1.807) is 17.7 Å². The topological polar surface area (TPSA) is 23.5 Å². The maximum absolute atomic E-state index is 9.38. The lowest BCUT2D eigenvalue weighted by Gasteiger charge is -2.19. The Kier molecular flexibility index (Phi) is 5.98. The van der Waals surface area contributed by atoms with Crippen molar-refractivity contribution in [1.29, 1.82) is 0 Å². The van der Waals surface area contributed by atoms with Crippen LogP contribution in [0.15, 0.2) is 35.9 Å². The molecule has 0 fully saturated rings. The normalized spacial score (nSPS) is 11.4. The van der Waals surface area contributed by atoms with Gasteiger partial charge in [0.15, 0.2) is 0 Å². The summed E-state index contributed by atoms with van der Waals surface area (Å²) in [4.78, 5) is 2.29. The van der Waals surface area contributed by atoms with E-state index in [1.165, 1.54) is 0 Å². The Labute approximate surface area is 102 Å². The Balaban J connectivity index is 2.59. The molecule has 2 nitrogen and oxygen atoms in total. The van der Waals surface area contributed by atoms with Gasteiger partial charge in [-0.05, 0) is 30.7 Å². The molecule has 1 aromatic rings. The molecule has 0 aliphatic heterocycles. The number of aromatic hydroxyl groups is 1. The van der Waals surface area contributed by atoms with E-state index in [1.807, 2.05) is 18.2 Å². The van der Waals surface area contributed by atoms with Crippen LogP contribution < -0.4 is 0 Å². The second-order valence-corrected chi connectivity index (χ2v) is 4.02. The average Bonchev–Trinajstić information content (AvgIpc) is 2.26. The first-order valence-corrected chi connectivity index (χ1v) is 5.95. The van der Waals surface area contributed by atoms with Gasteiger partial charge in [-0.15, -0.1) is 0 Å². The van der Waals surface area contributed by atoms with E-state index in [2.05, 4.69) is 11.8 Å². The minimum Gasteiger partial charge on any atom is -0.508 e. The quantitative estimate of drug-likeness (QED) is 0.823. The van der Waals surface area contributed by atoms with Crippen LogP contribution in [0, 0.1) is 0 Å². The largest absolute Gasteiger partial charge is 0.508 e. The van der Waals surface area contributed by atoms with Crippen molar-refractivity contribution in [3.8, 4) is 5.75 Å². The van der Waals surface area contributed by atoms with Crippen LogP contribution in [0.4, 0.5) is 0 Å². The van der Waals surface area contributed by atoms with E-state index in [0.29, 0.717) is 5.75 Å². The Morgan fingerprint density at radius 3 is 2.88 bits per heavy atom. The number of benzene rings is 1. The zero-order valence-electron chi connectivity index (χ0n) is 9.56. The molecule has 0 saturated heterocycles. The van der Waals surface area contributed by atoms with Crippen LogP contribution in [0.2, 0.25) is 0 Å². The van der Waals surface area contributed by atoms with Crippen LogP contribution in [0.25, 0.3) is 0 Å². The van der Waals surface area contributed by atoms with Crippen molar-refractivity contribution in [3.05, 3.63) is 41.4 Å². The first kappa shape index (κ1) is 13.1. The molecule has 0 aliphatic rings. The first-order chi connectivity index (χ1) is 7.76. The van der Waals surface area contributed by atoms with Crippen LogP contribution >= 0.6 is 11.6 Å². The van der Waals surface area contributed by atoms with E-state index in [4.69, 9.17) is 11.6 Å². The summed E-state index contributed by atoms with van der Waals surface area (Å²) < 4.78 is 0. The van der Waals surface area contributed by atoms with Gasteiger partial charge in [0, 0.05) is 18.6 Å². The monoisotopic (exact) mass is 239 g/mol. The van der Waals surface area contributed by atoms with Crippen LogP contribution in [0.1, 0.15) is 18.9 Å². The molecule has 1 N–H and O–H groups in total. The van der Waals surface area contributed by atoms with Crippen LogP contribution in [-0.2, 0) is 6.54 Å². The second kappa shape index (κ2) is 7.31. The molecule has 0 atom stereocenters. The highest BCUT2D eigenvalue weighted by Gasteiger charge is 2.03. The molecule has 0 radical (unpaired) electrons. The van der Waals surface area contributed by atoms with Crippen molar-refractivity contribution in [2.24, 2.45) is 0 Å². The third-order valence-electron chi connectivity index (χ3n) is 2.31. The van der Waals surface area contributed by atoms with Gasteiger partial charge in [0.1, 0.15) is 5.75 Å². The smallest absolute Gasteiger partial charge is 0.115 e. The average molecular weight is 240 g/mol. The number of hydrogen-bond acceptors (Lipinski definition) is 2. The van der Waals surface area contributed by atoms with Crippen molar-refractivity contribution < 1.29 is 5.11 Å². The highest BCUT2D eigenvalue weighted by molar-refractivity contribution is 6.25. The molecule has 0 saturated carbocycles. The van der Waals surface area contributed by atoms with E-state index in [-0.39, 0.29) is 0 Å². The third kappa shape index (κ3) is 4.69. The summed E-state index contributed by atoms with van der Waals surface area (Å²) in [5, 5.41) is 9.38. The SMILES string of the molecule is CCCN(C/C=C/Cl)Cc1cccc(O)c1. The summed E-state index contributed by atoms with van der Waals surface area (Å²) >= 11 is 5.53. The van der Waals surface area contributed by atoms with Crippen molar-refractivity contribution in [3.63, 3.8) is 0 Å². The molecule has 1 aromatic carbocycles. The number of rotatable bonds is 6. The number of nitrogens with zero attached hydrogens (tertiary/aromatic N) is 1. The fraction of sp³-hybridized carbons (Fsp3) is 0.385. The van der Waals surface area contributed by atoms with Gasteiger partial charge in [0.25, 0.3) is 0 Å². The third-order valence-corrected chi connectivity index (χ3v) is 2.49. The van der Waals surface area contributed by atoms with Crippen LogP contribution in [-0.4, -0.2) is 23.1 Å². The lowest BCUT2D eigenvalue weighted by molar-refractivity contribution is 0.294. The molecule has 0 amide bonds. The first-order valence-electron chi connectivity index (χ1n) is 5.51. The van der Waals surface area contributed by atoms with Crippen molar-refractivity contribution in [2.45, 2.75) is 19.9 Å². The molecule has 0 aromatic heterocycles. The molecule has 0 spiro atoms. The molecule has 1 rings (SSSR count). The summed E-state index contributed by atoms with van der Waals surface area (Å²) in [6.07, 6.45) is 3.04. The summed E-state index contributed by atoms with van der Waals surface area (Å²) in [5.74, 6) is 0.321. The summed E-state index contributed by atoms with van der Waals surface area (Å²) in [6, 6.07) is 7.37. The Morgan fingerprint density at radius 2 is 2.25 bits per heavy atom. The molecule has 88 valence electrons. The zero-order chi connectivity index (χ0) is 11.8. The van der Waals surface area contributed by atoms with Gasteiger partial charge in [-0.2, -0.15) is 0 Å². The number of hydrogen-bond donors (Lipinski definition) is 1. The van der Waals surface area contributed by atoms with Gasteiger partial charge >= 0.3 is 0 Å². The van der Waals surface area contributed by atoms with Gasteiger partial charge in [0.2, 0.25) is 0 Å². The van der Waals surface area contributed by atoms with E-state index in [0.717, 1.165) is 31.6 Å². The Morgan fingerprint density at radius 1 is 1.44 bits per heavy atom. The van der Waals surface area contributed by atoms with Gasteiger partial charge in [-0.25, -0.2) is 0 Å². The molecule has 3 heteroatoms. The minimum absolute atomic E-state index is 0.321. The number of halogens is 1.